The van der Waals surface area contributed by atoms with Crippen molar-refractivity contribution in [3.63, 3.8) is 0 Å². The Balaban J connectivity index is -0.000000503. The number of carbonyl (C=O) groups excluding carboxylic acids is 11. The molecular formula is C122H223F3O22. The van der Waals surface area contributed by atoms with Gasteiger partial charge in [0, 0.05) is 71.5 Å². The largest absolute Gasteiger partial charge is 0.421 e. The lowest BCUT2D eigenvalue weighted by atomic mass is 9.64. The zero-order valence-corrected chi connectivity index (χ0v) is 100. The van der Waals surface area contributed by atoms with Crippen LogP contribution < -0.4 is 0 Å². The van der Waals surface area contributed by atoms with Gasteiger partial charge in [0.1, 0.15) is 59.4 Å². The molecule has 5 atom stereocenters. The van der Waals surface area contributed by atoms with Gasteiger partial charge in [-0.15, -0.1) is 0 Å². The molecule has 147 heavy (non-hydrogen) atoms. The van der Waals surface area contributed by atoms with Crippen LogP contribution in [-0.2, 0) is 111 Å². The normalized spacial score (nSPS) is 17.3. The second-order valence-corrected chi connectivity index (χ2v) is 47.6. The molecule has 7 aliphatic rings. The molecule has 25 heteroatoms. The van der Waals surface area contributed by atoms with Gasteiger partial charge in [0.15, 0.2) is 52.0 Å². The predicted molar refractivity (Wildman–Crippen MR) is 593 cm³/mol. The zero-order chi connectivity index (χ0) is 113. The Bertz CT molecular complexity index is 3770. The summed E-state index contributed by atoms with van der Waals surface area (Å²) in [4.78, 5) is 128. The monoisotopic (exact) mass is 2100 g/mol. The van der Waals surface area contributed by atoms with Crippen molar-refractivity contribution in [2.45, 2.75) is 575 Å². The molecule has 0 saturated heterocycles. The summed E-state index contributed by atoms with van der Waals surface area (Å²) in [5, 5.41) is 0. The Kier molecular flexibility index (Phi) is 75.8. The third-order valence-electron chi connectivity index (χ3n) is 24.9. The fourth-order valence-electron chi connectivity index (χ4n) is 16.3. The minimum absolute atomic E-state index is 0. The van der Waals surface area contributed by atoms with Crippen LogP contribution in [0, 0.1) is 87.8 Å². The average molecular weight is 2100 g/mol. The van der Waals surface area contributed by atoms with Crippen LogP contribution in [0.5, 0.6) is 0 Å². The van der Waals surface area contributed by atoms with Crippen LogP contribution in [0.4, 0.5) is 13.2 Å². The van der Waals surface area contributed by atoms with E-state index in [1.54, 1.807) is 0 Å². The lowest BCUT2D eigenvalue weighted by molar-refractivity contribution is -0.226. The van der Waals surface area contributed by atoms with E-state index in [1.807, 2.05) is 314 Å². The SMILES string of the molecule is C.C.CC(C)OC(C(=O)C(C)C)C(F)(F)F.CC(C)OC(C(=O)C(C)C)C1CC1.CC(C)OC(C)C(=O)C(C)C.CC(C)OC(CC1CC1)C(=O)C(C)C.CC(C)OC(Cc1ccccc1)C(=O)C(C)C.CC(C)OC1(C(=O)C(C)C)CC1.CC(C)OC1(C(=O)C(C)C)CCC1.CC(C)OC1(C(=O)C(C)C)CCCC1.CC(C)OCC(=O)C(C)C.CC(C)OCC1(C(=O)C(C)C)CC1.CC(C)OCC1(C(=O)C(C)C)CCC1. The van der Waals surface area contributed by atoms with Crippen LogP contribution in [-0.4, -0.2) is 204 Å². The second kappa shape index (κ2) is 74.1. The number of hydrogen-bond donors (Lipinski definition) is 0. The summed E-state index contributed by atoms with van der Waals surface area (Å²) in [5.41, 5.74) is -0.323. The molecule has 0 bridgehead atoms. The maximum atomic E-state index is 12.3. The number of benzene rings is 1. The van der Waals surface area contributed by atoms with E-state index in [2.05, 4.69) is 4.74 Å². The van der Waals surface area contributed by atoms with Gasteiger partial charge < -0.3 is 52.1 Å². The fourth-order valence-corrected chi connectivity index (χ4v) is 16.3. The number of ketones is 11. The minimum Gasteiger partial charge on any atom is -0.378 e. The summed E-state index contributed by atoms with van der Waals surface area (Å²) < 4.78 is 97.4. The molecule has 7 aliphatic carbocycles. The molecule has 0 aliphatic heterocycles. The van der Waals surface area contributed by atoms with E-state index in [4.69, 9.17) is 47.4 Å². The maximum Gasteiger partial charge on any atom is 0.421 e. The molecule has 7 fully saturated rings. The lowest BCUT2D eigenvalue weighted by Gasteiger charge is -2.42. The Labute approximate surface area is 895 Å². The molecule has 22 nitrogen and oxygen atoms in total. The molecule has 0 N–H and O–H groups in total. The standard InChI is InChI=1S/C15H22O2.3C12H22O2.3C11H20O2.C10H18O2.C9H15F3O2.C9H18O2.C8H16O2.2CH4/c1-11(2)15(16)14(17-12(3)4)10-13-8-6-5-7-9-13;1-8(2)12(13)11(14-9(3)4)7-10-5-6-10;1-9(2)11(13)12(6-5-7-12)8-14-10(3)4;1-9(2)11(13)12(14-10(3)4)7-5-6-8-12;1-8(2)10(12)11(5-6-11)7-13-9(3)4;1-8(2)10(12)11(6-5-7-11)13-9(3)4;1-7(2)10(12)11(9-5-6-9)13-8(3)4;1-7(2)9(11)10(5-6-10)12-8(3)4;1-5(2)7(13)8(9(10,11)12)14-6(3)4;1-6(2)9(10)8(5)11-7(3)4;1-6(2)8(9)5-10-7(3)4;;/h5-9,11-12,14H,10H2,1-4H3;8-11H,5-7H2,1-4H3;2*9-10H,5-8H2,1-4H3;2*8-9H,5-7H2,1-4H3;7-9,11H,5-6H2,1-4H3;7-8H,5-6H2,1-4H3;5-6,8H,1-4H3;6-8H,1-5H3;6-7H,5H2,1-4H3;2*1H4. The Hall–Kier alpha value is -5.06. The van der Waals surface area contributed by atoms with Gasteiger partial charge in [0.25, 0.3) is 0 Å². The number of Topliss-reactive ketones (excluding diaryl/α,β-unsaturated/α-hetero) is 11. The van der Waals surface area contributed by atoms with Crippen LogP contribution in [0.1, 0.15) is 454 Å². The molecule has 0 spiro atoms. The third kappa shape index (κ3) is 62.9. The van der Waals surface area contributed by atoms with Gasteiger partial charge in [-0.3, -0.25) is 52.7 Å². The number of alkyl halides is 3. The highest BCUT2D eigenvalue weighted by Crippen LogP contribution is 2.49. The van der Waals surface area contributed by atoms with E-state index in [0.717, 1.165) is 114 Å². The fraction of sp³-hybridized carbons (Fsp3) is 0.861. The highest BCUT2D eigenvalue weighted by Gasteiger charge is 2.54. The topological polar surface area (TPSA) is 289 Å². The molecular weight excluding hydrogens is 1870 g/mol. The number of carbonyl (C=O) groups is 11. The van der Waals surface area contributed by atoms with Crippen LogP contribution in [0.25, 0.3) is 0 Å². The number of rotatable bonds is 51. The van der Waals surface area contributed by atoms with E-state index < -0.39 is 41.3 Å². The molecule has 864 valence electrons. The first kappa shape index (κ1) is 150. The van der Waals surface area contributed by atoms with Gasteiger partial charge in [0.05, 0.1) is 91.2 Å². The van der Waals surface area contributed by atoms with Crippen molar-refractivity contribution < 1.29 is 118 Å². The molecule has 7 saturated carbocycles. The quantitative estimate of drug-likeness (QED) is 0.0585. The molecule has 0 amide bonds. The Morgan fingerprint density at radius 3 is 0.864 bits per heavy atom. The summed E-state index contributed by atoms with van der Waals surface area (Å²) >= 11 is 0. The number of hydrogen-bond acceptors (Lipinski definition) is 22. The highest BCUT2D eigenvalue weighted by molar-refractivity contribution is 5.93. The molecule has 0 heterocycles. The van der Waals surface area contributed by atoms with Crippen molar-refractivity contribution in [1.29, 1.82) is 0 Å². The van der Waals surface area contributed by atoms with E-state index in [9.17, 15) is 65.9 Å². The molecule has 5 unspecified atom stereocenters. The predicted octanol–water partition coefficient (Wildman–Crippen LogP) is 28.9. The van der Waals surface area contributed by atoms with Crippen molar-refractivity contribution in [3.05, 3.63) is 35.9 Å². The van der Waals surface area contributed by atoms with Crippen LogP contribution in [0.3, 0.4) is 0 Å². The highest BCUT2D eigenvalue weighted by atomic mass is 19.4. The first-order valence-corrected chi connectivity index (χ1v) is 55.8. The van der Waals surface area contributed by atoms with Crippen molar-refractivity contribution >= 4 is 63.6 Å². The summed E-state index contributed by atoms with van der Waals surface area (Å²) in [6.45, 7) is 87.5. The van der Waals surface area contributed by atoms with Crippen LogP contribution in [0.2, 0.25) is 0 Å². The number of ether oxygens (including phenoxy) is 11. The smallest absolute Gasteiger partial charge is 0.378 e. The van der Waals surface area contributed by atoms with Crippen LogP contribution >= 0.6 is 0 Å². The lowest BCUT2D eigenvalue weighted by Crippen LogP contribution is -2.51. The first-order valence-electron chi connectivity index (χ1n) is 55.8. The first-order chi connectivity index (χ1) is 66.6. The third-order valence-corrected chi connectivity index (χ3v) is 24.9. The zero-order valence-electron chi connectivity index (χ0n) is 100. The molecule has 0 aromatic heterocycles. The summed E-state index contributed by atoms with van der Waals surface area (Å²) in [5.74, 6) is 3.33. The van der Waals surface area contributed by atoms with Gasteiger partial charge in [-0.25, -0.2) is 0 Å². The van der Waals surface area contributed by atoms with Crippen molar-refractivity contribution in [1.82, 2.24) is 0 Å². The van der Waals surface area contributed by atoms with E-state index in [0.29, 0.717) is 42.9 Å². The molecule has 1 aromatic carbocycles. The van der Waals surface area contributed by atoms with Gasteiger partial charge in [-0.1, -0.05) is 217 Å². The molecule has 0 radical (unpaired) electrons. The summed E-state index contributed by atoms with van der Waals surface area (Å²) in [6, 6.07) is 10.0. The summed E-state index contributed by atoms with van der Waals surface area (Å²) in [6.07, 6.45) is 13.9. The van der Waals surface area contributed by atoms with Gasteiger partial charge in [-0.05, 0) is 279 Å². The van der Waals surface area contributed by atoms with Crippen molar-refractivity contribution in [2.75, 3.05) is 19.8 Å². The minimum atomic E-state index is -4.62. The Morgan fingerprint density at radius 2 is 0.612 bits per heavy atom. The van der Waals surface area contributed by atoms with E-state index in [1.165, 1.54) is 47.0 Å². The van der Waals surface area contributed by atoms with E-state index in [-0.39, 0.29) is 223 Å². The molecule has 1 aromatic rings. The van der Waals surface area contributed by atoms with Crippen molar-refractivity contribution in [3.8, 4) is 0 Å². The van der Waals surface area contributed by atoms with Gasteiger partial charge >= 0.3 is 6.18 Å². The average Bonchev–Trinajstić information content (AvgIpc) is 1.67. The van der Waals surface area contributed by atoms with Crippen LogP contribution in [0.15, 0.2) is 30.3 Å². The van der Waals surface area contributed by atoms with Crippen molar-refractivity contribution in [2.24, 2.45) is 87.8 Å². The maximum absolute atomic E-state index is 12.3. The number of halogens is 3. The van der Waals surface area contributed by atoms with Gasteiger partial charge in [0.2, 0.25) is 6.10 Å². The second-order valence-electron chi connectivity index (χ2n) is 47.6. The summed E-state index contributed by atoms with van der Waals surface area (Å²) in [7, 11) is 0. The van der Waals surface area contributed by atoms with Gasteiger partial charge in [-0.2, -0.15) is 13.2 Å². The van der Waals surface area contributed by atoms with E-state index >= 15 is 0 Å². The Morgan fingerprint density at radius 1 is 0.299 bits per heavy atom. The molecule has 8 rings (SSSR count).